The molecule has 0 spiro atoms. The zero-order chi connectivity index (χ0) is 19.1. The number of carbonyl (C=O) groups excluding carboxylic acids is 1. The second-order valence-electron chi connectivity index (χ2n) is 6.04. The summed E-state index contributed by atoms with van der Waals surface area (Å²) in [5.41, 5.74) is 2.89. The van der Waals surface area contributed by atoms with Gasteiger partial charge in [0.15, 0.2) is 0 Å². The zero-order valence-electron chi connectivity index (χ0n) is 15.3. The molecule has 3 aromatic rings. The van der Waals surface area contributed by atoms with Crippen LogP contribution in [0.3, 0.4) is 0 Å². The first-order chi connectivity index (χ1) is 13.1. The molecule has 0 aliphatic rings. The van der Waals surface area contributed by atoms with Crippen LogP contribution >= 0.6 is 0 Å². The average Bonchev–Trinajstić information content (AvgIpc) is 3.26. The van der Waals surface area contributed by atoms with Gasteiger partial charge < -0.3 is 10.2 Å². The number of amides is 2. The van der Waals surface area contributed by atoms with Crippen molar-refractivity contribution < 1.29 is 4.79 Å². The van der Waals surface area contributed by atoms with Gasteiger partial charge in [0.25, 0.3) is 0 Å². The Bertz CT molecular complexity index is 924. The van der Waals surface area contributed by atoms with Gasteiger partial charge in [-0.15, -0.1) is 0 Å². The molecule has 0 radical (unpaired) electrons. The Labute approximate surface area is 158 Å². The maximum absolute atomic E-state index is 12.3. The van der Waals surface area contributed by atoms with E-state index in [9.17, 15) is 4.79 Å². The minimum absolute atomic E-state index is 0.0723. The van der Waals surface area contributed by atoms with Crippen molar-refractivity contribution in [1.29, 1.82) is 0 Å². The molecule has 1 aromatic heterocycles. The third kappa shape index (κ3) is 4.73. The predicted octanol–water partition coefficient (Wildman–Crippen LogP) is 3.02. The molecule has 6 heteroatoms. The summed E-state index contributed by atoms with van der Waals surface area (Å²) in [4.78, 5) is 18.0. The molecule has 1 unspecified atom stereocenters. The van der Waals surface area contributed by atoms with E-state index in [-0.39, 0.29) is 12.1 Å². The molecule has 2 amide bonds. The first kappa shape index (κ1) is 18.2. The molecule has 1 atom stereocenters. The lowest BCUT2D eigenvalue weighted by molar-refractivity contribution is 0.196. The highest BCUT2D eigenvalue weighted by molar-refractivity contribution is 5.74. The van der Waals surface area contributed by atoms with Crippen LogP contribution in [-0.4, -0.2) is 39.3 Å². The van der Waals surface area contributed by atoms with E-state index in [1.807, 2.05) is 61.5 Å². The number of nitrogens with zero attached hydrogens (tertiary/aromatic N) is 4. The van der Waals surface area contributed by atoms with Gasteiger partial charge in [-0.3, -0.25) is 0 Å². The summed E-state index contributed by atoms with van der Waals surface area (Å²) >= 11 is 0. The highest BCUT2D eigenvalue weighted by Gasteiger charge is 2.16. The Hall–Kier alpha value is -3.59. The molecule has 27 heavy (non-hydrogen) atoms. The van der Waals surface area contributed by atoms with Gasteiger partial charge in [-0.2, -0.15) is 5.10 Å². The third-order valence-electron chi connectivity index (χ3n) is 4.29. The lowest BCUT2D eigenvalue weighted by atomic mass is 10.1. The minimum atomic E-state index is -0.162. The van der Waals surface area contributed by atoms with Crippen LogP contribution in [0.5, 0.6) is 0 Å². The Morgan fingerprint density at radius 1 is 1.19 bits per heavy atom. The summed E-state index contributed by atoms with van der Waals surface area (Å²) in [6.45, 7) is 2.29. The van der Waals surface area contributed by atoms with Gasteiger partial charge in [-0.1, -0.05) is 42.2 Å². The molecule has 0 aliphatic carbocycles. The van der Waals surface area contributed by atoms with E-state index < -0.39 is 0 Å². The number of hydrogen-bond acceptors (Lipinski definition) is 3. The SMILES string of the molecule is CC(c1ccc(-n2cncn2)cc1)N(C)C(=O)NCC#Cc1ccccc1. The summed E-state index contributed by atoms with van der Waals surface area (Å²) in [6.07, 6.45) is 3.14. The first-order valence-corrected chi connectivity index (χ1v) is 8.64. The number of urea groups is 1. The summed E-state index contributed by atoms with van der Waals surface area (Å²) in [6, 6.07) is 17.3. The maximum atomic E-state index is 12.3. The summed E-state index contributed by atoms with van der Waals surface area (Å²) in [5, 5.41) is 6.93. The second-order valence-corrected chi connectivity index (χ2v) is 6.04. The van der Waals surface area contributed by atoms with Gasteiger partial charge in [0.05, 0.1) is 18.3 Å². The predicted molar refractivity (Wildman–Crippen MR) is 104 cm³/mol. The fraction of sp³-hybridized carbons (Fsp3) is 0.190. The number of benzene rings is 2. The molecule has 0 saturated heterocycles. The molecular formula is C21H21N5O. The van der Waals surface area contributed by atoms with Crippen LogP contribution in [-0.2, 0) is 0 Å². The van der Waals surface area contributed by atoms with Crippen molar-refractivity contribution in [2.24, 2.45) is 0 Å². The lowest BCUT2D eigenvalue weighted by Gasteiger charge is -2.25. The van der Waals surface area contributed by atoms with Crippen molar-refractivity contribution in [3.05, 3.63) is 78.4 Å². The van der Waals surface area contributed by atoms with Crippen LogP contribution < -0.4 is 5.32 Å². The highest BCUT2D eigenvalue weighted by Crippen LogP contribution is 2.20. The summed E-state index contributed by atoms with van der Waals surface area (Å²) in [7, 11) is 1.77. The topological polar surface area (TPSA) is 63.1 Å². The molecule has 2 aromatic carbocycles. The first-order valence-electron chi connectivity index (χ1n) is 8.64. The number of carbonyl (C=O) groups is 1. The Balaban J connectivity index is 1.55. The van der Waals surface area contributed by atoms with Crippen LogP contribution in [0, 0.1) is 11.8 Å². The summed E-state index contributed by atoms with van der Waals surface area (Å²) in [5.74, 6) is 5.99. The normalized spacial score (nSPS) is 11.2. The van der Waals surface area contributed by atoms with Crippen molar-refractivity contribution in [2.45, 2.75) is 13.0 Å². The lowest BCUT2D eigenvalue weighted by Crippen LogP contribution is -2.38. The van der Waals surface area contributed by atoms with Crippen LogP contribution in [0.2, 0.25) is 0 Å². The van der Waals surface area contributed by atoms with Gasteiger partial charge >= 0.3 is 6.03 Å². The fourth-order valence-electron chi connectivity index (χ4n) is 2.56. The molecule has 0 fully saturated rings. The van der Waals surface area contributed by atoms with Crippen LogP contribution in [0.4, 0.5) is 4.79 Å². The standard InChI is InChI=1S/C21H21N5O/c1-17(19-10-12-20(13-11-19)26-16-22-15-24-26)25(2)21(27)23-14-6-9-18-7-4-3-5-8-18/h3-5,7-8,10-13,15-17H,14H2,1-2H3,(H,23,27). The van der Waals surface area contributed by atoms with Crippen LogP contribution in [0.25, 0.3) is 5.69 Å². The molecule has 1 N–H and O–H groups in total. The van der Waals surface area contributed by atoms with E-state index in [0.717, 1.165) is 16.8 Å². The molecular weight excluding hydrogens is 338 g/mol. The molecule has 1 heterocycles. The van der Waals surface area contributed by atoms with Crippen LogP contribution in [0.1, 0.15) is 24.1 Å². The third-order valence-corrected chi connectivity index (χ3v) is 4.29. The number of rotatable bonds is 4. The second kappa shape index (κ2) is 8.68. The maximum Gasteiger partial charge on any atom is 0.318 e. The Morgan fingerprint density at radius 3 is 2.59 bits per heavy atom. The molecule has 3 rings (SSSR count). The molecule has 0 bridgehead atoms. The molecule has 6 nitrogen and oxygen atoms in total. The van der Waals surface area contributed by atoms with Gasteiger partial charge in [-0.05, 0) is 36.8 Å². The zero-order valence-corrected chi connectivity index (χ0v) is 15.3. The van der Waals surface area contributed by atoms with Gasteiger partial charge in [0.2, 0.25) is 0 Å². The van der Waals surface area contributed by atoms with Crippen molar-refractivity contribution >= 4 is 6.03 Å². The van der Waals surface area contributed by atoms with Crippen molar-refractivity contribution in [3.63, 3.8) is 0 Å². The van der Waals surface area contributed by atoms with Crippen LogP contribution in [0.15, 0.2) is 67.3 Å². The van der Waals surface area contributed by atoms with E-state index in [4.69, 9.17) is 0 Å². The highest BCUT2D eigenvalue weighted by atomic mass is 16.2. The smallest absolute Gasteiger partial charge is 0.318 e. The number of nitrogens with one attached hydrogen (secondary N) is 1. The molecule has 136 valence electrons. The molecule has 0 aliphatic heterocycles. The van der Waals surface area contributed by atoms with E-state index in [2.05, 4.69) is 27.2 Å². The van der Waals surface area contributed by atoms with E-state index in [1.54, 1.807) is 23.0 Å². The fourth-order valence-corrected chi connectivity index (χ4v) is 2.56. The minimum Gasteiger partial charge on any atom is -0.327 e. The molecule has 0 saturated carbocycles. The Morgan fingerprint density at radius 2 is 1.93 bits per heavy atom. The van der Waals surface area contributed by atoms with Crippen molar-refractivity contribution in [3.8, 4) is 17.5 Å². The van der Waals surface area contributed by atoms with Gasteiger partial charge in [-0.25, -0.2) is 14.5 Å². The largest absolute Gasteiger partial charge is 0.327 e. The number of aromatic nitrogens is 3. The monoisotopic (exact) mass is 359 g/mol. The van der Waals surface area contributed by atoms with Gasteiger partial charge in [0, 0.05) is 12.6 Å². The van der Waals surface area contributed by atoms with E-state index in [0.29, 0.717) is 6.54 Å². The van der Waals surface area contributed by atoms with Crippen molar-refractivity contribution in [2.75, 3.05) is 13.6 Å². The average molecular weight is 359 g/mol. The number of hydrogen-bond donors (Lipinski definition) is 1. The van der Waals surface area contributed by atoms with Gasteiger partial charge in [0.1, 0.15) is 12.7 Å². The van der Waals surface area contributed by atoms with E-state index in [1.165, 1.54) is 6.33 Å². The van der Waals surface area contributed by atoms with E-state index >= 15 is 0 Å². The summed E-state index contributed by atoms with van der Waals surface area (Å²) < 4.78 is 1.69. The Kier molecular flexibility index (Phi) is 5.85. The van der Waals surface area contributed by atoms with Crippen molar-refractivity contribution in [1.82, 2.24) is 25.0 Å². The quantitative estimate of drug-likeness (QED) is 0.729.